The first-order valence-corrected chi connectivity index (χ1v) is 17.1. The molecule has 0 radical (unpaired) electrons. The van der Waals surface area contributed by atoms with Crippen LogP contribution in [-0.4, -0.2) is 22.2 Å². The summed E-state index contributed by atoms with van der Waals surface area (Å²) in [6.07, 6.45) is 2.86. The number of carbonyl (C=O) groups is 1. The number of hydrogen-bond acceptors (Lipinski definition) is 5. The maximum atomic E-state index is 12.2. The lowest BCUT2D eigenvalue weighted by Crippen LogP contribution is -2.29. The molecule has 8 heteroatoms. The summed E-state index contributed by atoms with van der Waals surface area (Å²) in [5.74, 6) is -0.561. The van der Waals surface area contributed by atoms with E-state index in [4.69, 9.17) is 4.74 Å². The fourth-order valence-corrected chi connectivity index (χ4v) is 9.26. The van der Waals surface area contributed by atoms with Crippen LogP contribution in [0, 0.1) is 0 Å². The van der Waals surface area contributed by atoms with E-state index in [2.05, 4.69) is 85.4 Å². The second kappa shape index (κ2) is 12.4. The molecule has 2 aromatic heterocycles. The molecule has 0 saturated carbocycles. The summed E-state index contributed by atoms with van der Waals surface area (Å²) in [5, 5.41) is 14.7. The molecular weight excluding hydrogens is 718 g/mol. The summed E-state index contributed by atoms with van der Waals surface area (Å²) in [7, 11) is 0. The van der Waals surface area contributed by atoms with Crippen molar-refractivity contribution in [1.82, 2.24) is 4.98 Å². The van der Waals surface area contributed by atoms with E-state index >= 15 is 0 Å². The standard InChI is InChI=1S/C36H23Br2NO3S2/c37-27-19-22(20-28(38)33(27)42-29(36(40)41)18-21-8-2-1-3-9-21)31-24-10-4-5-11-25(24)34(43-23-14-16-39-17-15-23)35-32(31)26-12-6-7-13-30(26)44-35/h1-17,19-20,29H,18H2,(H,40,41)/t29-/m1/s1. The number of pyridine rings is 1. The molecule has 4 nitrogen and oxygen atoms in total. The van der Waals surface area contributed by atoms with E-state index in [9.17, 15) is 9.90 Å². The van der Waals surface area contributed by atoms with Gasteiger partial charge in [0.2, 0.25) is 0 Å². The fourth-order valence-electron chi connectivity index (χ4n) is 5.50. The lowest BCUT2D eigenvalue weighted by molar-refractivity contribution is -0.145. The van der Waals surface area contributed by atoms with Gasteiger partial charge in [-0.15, -0.1) is 11.3 Å². The Hall–Kier alpha value is -3.69. The molecule has 2 heterocycles. The molecule has 44 heavy (non-hydrogen) atoms. The van der Waals surface area contributed by atoms with Crippen molar-refractivity contribution < 1.29 is 14.6 Å². The van der Waals surface area contributed by atoms with Crippen LogP contribution in [-0.2, 0) is 11.2 Å². The Morgan fingerprint density at radius 3 is 2.18 bits per heavy atom. The normalized spacial score (nSPS) is 12.1. The van der Waals surface area contributed by atoms with Crippen LogP contribution in [0.3, 0.4) is 0 Å². The number of aromatic nitrogens is 1. The van der Waals surface area contributed by atoms with E-state index in [1.165, 1.54) is 30.5 Å². The first-order valence-electron chi connectivity index (χ1n) is 13.8. The number of halogens is 2. The molecule has 0 amide bonds. The Labute approximate surface area is 279 Å². The molecule has 7 aromatic rings. The molecule has 0 aliphatic rings. The van der Waals surface area contributed by atoms with Gasteiger partial charge in [-0.25, -0.2) is 4.79 Å². The van der Waals surface area contributed by atoms with Gasteiger partial charge in [-0.05, 0) is 89.7 Å². The van der Waals surface area contributed by atoms with Crippen molar-refractivity contribution in [3.05, 3.63) is 130 Å². The molecule has 1 N–H and O–H groups in total. The second-order valence-electron chi connectivity index (χ2n) is 10.2. The SMILES string of the molecule is O=C(O)[C@@H](Cc1ccccc1)Oc1c(Br)cc(-c2c3ccccc3c(Sc3ccncc3)c3sc4ccccc4c23)cc1Br. The van der Waals surface area contributed by atoms with Crippen molar-refractivity contribution in [3.8, 4) is 16.9 Å². The third kappa shape index (κ3) is 5.52. The maximum absolute atomic E-state index is 12.2. The first-order chi connectivity index (χ1) is 21.5. The van der Waals surface area contributed by atoms with Crippen molar-refractivity contribution in [2.75, 3.05) is 0 Å². The van der Waals surface area contributed by atoms with Gasteiger partial charge >= 0.3 is 5.97 Å². The Balaban J connectivity index is 1.41. The lowest BCUT2D eigenvalue weighted by Gasteiger charge is -2.20. The first kappa shape index (κ1) is 29.0. The van der Waals surface area contributed by atoms with Gasteiger partial charge in [-0.3, -0.25) is 4.98 Å². The molecule has 0 fully saturated rings. The number of fused-ring (bicyclic) bond motifs is 4. The van der Waals surface area contributed by atoms with Gasteiger partial charge in [0, 0.05) is 44.1 Å². The number of thiophene rings is 1. The number of carboxylic acid groups (broad SMARTS) is 1. The molecule has 0 bridgehead atoms. The highest BCUT2D eigenvalue weighted by Gasteiger charge is 2.25. The largest absolute Gasteiger partial charge is 0.478 e. The number of rotatable bonds is 8. The number of benzene rings is 5. The highest BCUT2D eigenvalue weighted by molar-refractivity contribution is 9.11. The van der Waals surface area contributed by atoms with Crippen LogP contribution in [0.4, 0.5) is 0 Å². The monoisotopic (exact) mass is 739 g/mol. The van der Waals surface area contributed by atoms with E-state index < -0.39 is 12.1 Å². The number of aliphatic carboxylic acids is 1. The Morgan fingerprint density at radius 2 is 1.48 bits per heavy atom. The van der Waals surface area contributed by atoms with E-state index in [0.717, 1.165) is 27.0 Å². The van der Waals surface area contributed by atoms with Crippen LogP contribution < -0.4 is 4.74 Å². The number of carboxylic acids is 1. The topological polar surface area (TPSA) is 59.4 Å². The molecule has 216 valence electrons. The lowest BCUT2D eigenvalue weighted by atomic mass is 9.93. The van der Waals surface area contributed by atoms with Crippen molar-refractivity contribution in [1.29, 1.82) is 0 Å². The summed E-state index contributed by atoms with van der Waals surface area (Å²) in [4.78, 5) is 18.8. The zero-order chi connectivity index (χ0) is 30.2. The second-order valence-corrected chi connectivity index (χ2v) is 14.1. The minimum atomic E-state index is -1.05. The van der Waals surface area contributed by atoms with Crippen LogP contribution in [0.2, 0.25) is 0 Å². The van der Waals surface area contributed by atoms with Crippen LogP contribution in [0.1, 0.15) is 5.56 Å². The Kier molecular flexibility index (Phi) is 8.16. The Morgan fingerprint density at radius 1 is 0.841 bits per heavy atom. The third-order valence-corrected chi connectivity index (χ3v) is 11.1. The molecule has 0 saturated heterocycles. The fraction of sp³-hybridized carbons (Fsp3) is 0.0556. The smallest absolute Gasteiger partial charge is 0.345 e. The van der Waals surface area contributed by atoms with E-state index in [1.54, 1.807) is 23.1 Å². The van der Waals surface area contributed by atoms with Gasteiger partial charge in [0.25, 0.3) is 0 Å². The van der Waals surface area contributed by atoms with Crippen molar-refractivity contribution in [2.24, 2.45) is 0 Å². The quantitative estimate of drug-likeness (QED) is 0.168. The molecule has 5 aromatic carbocycles. The predicted molar refractivity (Wildman–Crippen MR) is 188 cm³/mol. The summed E-state index contributed by atoms with van der Waals surface area (Å²) in [6, 6.07) is 34.7. The van der Waals surface area contributed by atoms with Crippen LogP contribution in [0.5, 0.6) is 5.75 Å². The van der Waals surface area contributed by atoms with Gasteiger partial charge in [-0.1, -0.05) is 84.6 Å². The van der Waals surface area contributed by atoms with Crippen molar-refractivity contribution in [3.63, 3.8) is 0 Å². The third-order valence-electron chi connectivity index (χ3n) is 7.45. The van der Waals surface area contributed by atoms with Crippen LogP contribution >= 0.6 is 55.0 Å². The summed E-state index contributed by atoms with van der Waals surface area (Å²) >= 11 is 11.0. The highest BCUT2D eigenvalue weighted by atomic mass is 79.9. The van der Waals surface area contributed by atoms with Crippen LogP contribution in [0.25, 0.3) is 42.1 Å². The molecular formula is C36H23Br2NO3S2. The summed E-state index contributed by atoms with van der Waals surface area (Å²) in [5.41, 5.74) is 3.02. The van der Waals surface area contributed by atoms with Crippen molar-refractivity contribution >= 4 is 91.9 Å². The van der Waals surface area contributed by atoms with Gasteiger partial charge in [0.05, 0.1) is 13.6 Å². The molecule has 0 spiro atoms. The summed E-state index contributed by atoms with van der Waals surface area (Å²) in [6.45, 7) is 0. The van der Waals surface area contributed by atoms with Gasteiger partial charge in [0.1, 0.15) is 5.75 Å². The maximum Gasteiger partial charge on any atom is 0.345 e. The van der Waals surface area contributed by atoms with Crippen molar-refractivity contribution in [2.45, 2.75) is 22.3 Å². The molecule has 0 unspecified atom stereocenters. The minimum absolute atomic E-state index is 0.250. The Bertz CT molecular complexity index is 2150. The molecule has 1 atom stereocenters. The molecule has 7 rings (SSSR count). The average molecular weight is 742 g/mol. The molecule has 0 aliphatic heterocycles. The van der Waals surface area contributed by atoms with Crippen LogP contribution in [0.15, 0.2) is 134 Å². The predicted octanol–water partition coefficient (Wildman–Crippen LogP) is 11.0. The van der Waals surface area contributed by atoms with Gasteiger partial charge < -0.3 is 9.84 Å². The van der Waals surface area contributed by atoms with E-state index in [-0.39, 0.29) is 6.42 Å². The molecule has 0 aliphatic carbocycles. The zero-order valence-corrected chi connectivity index (χ0v) is 27.8. The number of hydrogen-bond donors (Lipinski definition) is 1. The van der Waals surface area contributed by atoms with Gasteiger partial charge in [0.15, 0.2) is 6.10 Å². The minimum Gasteiger partial charge on any atom is -0.478 e. The number of nitrogens with zero attached hydrogens (tertiary/aromatic N) is 1. The summed E-state index contributed by atoms with van der Waals surface area (Å²) < 4.78 is 9.94. The number of ether oxygens (including phenoxy) is 1. The van der Waals surface area contributed by atoms with E-state index in [1.807, 2.05) is 67.0 Å². The zero-order valence-electron chi connectivity index (χ0n) is 23.0. The van der Waals surface area contributed by atoms with Gasteiger partial charge in [-0.2, -0.15) is 0 Å². The van der Waals surface area contributed by atoms with E-state index in [0.29, 0.717) is 14.7 Å². The highest BCUT2D eigenvalue weighted by Crippen LogP contribution is 2.52. The average Bonchev–Trinajstić information content (AvgIpc) is 3.42.